The van der Waals surface area contributed by atoms with Crippen LogP contribution in [0.15, 0.2) is 54.9 Å². The number of benzene rings is 2. The molecule has 5 saturated heterocycles. The molecule has 6 amide bonds. The number of piperidine rings is 2. The lowest BCUT2D eigenvalue weighted by atomic mass is 9.96. The Kier molecular flexibility index (Phi) is 25.8. The van der Waals surface area contributed by atoms with Gasteiger partial charge in [-0.1, -0.05) is 48.6 Å². The van der Waals surface area contributed by atoms with E-state index in [1.807, 2.05) is 36.7 Å². The van der Waals surface area contributed by atoms with Crippen molar-refractivity contribution in [3.8, 4) is 33.2 Å². The first-order valence-electron chi connectivity index (χ1n) is 34.2. The maximum Gasteiger partial charge on any atom is 0.446 e. The molecule has 13 atom stereocenters. The third kappa shape index (κ3) is 19.9. The average Bonchev–Trinajstić information content (AvgIpc) is 1.68. The van der Waals surface area contributed by atoms with E-state index >= 15 is 0 Å². The quantitative estimate of drug-likeness (QED) is 0.0318. The number of fused-ring (bicyclic) bond motifs is 2. The monoisotopic (exact) mass is 1450 g/mol. The van der Waals surface area contributed by atoms with Crippen molar-refractivity contribution in [2.45, 2.75) is 163 Å². The second kappa shape index (κ2) is 34.2. The summed E-state index contributed by atoms with van der Waals surface area (Å²) in [5.41, 5.74) is 2.60. The van der Waals surface area contributed by atoms with Crippen molar-refractivity contribution in [2.75, 3.05) is 88.5 Å². The fourth-order valence-corrected chi connectivity index (χ4v) is 14.6. The largest absolute Gasteiger partial charge is 0.504 e. The highest BCUT2D eigenvalue weighted by Crippen LogP contribution is 2.35. The fraction of sp³-hybridized carbons (Fsp3) is 0.631. The number of phenolic OH excluding ortho intramolecular Hbond substituents is 1. The first-order valence-corrected chi connectivity index (χ1v) is 36.4. The predicted octanol–water partition coefficient (Wildman–Crippen LogP) is -3.70. The van der Waals surface area contributed by atoms with Gasteiger partial charge in [-0.2, -0.15) is 8.42 Å². The SMILES string of the molecule is C[C@@H](O)[C@@H]1NC(=O)C(NCC2CCN(c3nnc(-c4ccc(-c5cnc(N6CCC(OCC7CC7)CC6)nc5)cc4)s3)CC2)C[C@@H](O)CNC(=O)[C@@H]2[C@@H](O)[C@@H](C)CN2C(=O)[C@H]([C@H](O)CCNC(CO)CO)NC(=O)[C@H]([C@H](O)Cc2ccc(O)c(OS(=O)(=O)O)c2)NC(=O)[C@@H]2C[C@@H](O)CN2C1=O. The number of aliphatic hydroxyl groups is 8. The second-order valence-electron chi connectivity index (χ2n) is 27.2. The van der Waals surface area contributed by atoms with Crippen LogP contribution in [0.2, 0.25) is 0 Å². The molecule has 0 bridgehead atoms. The van der Waals surface area contributed by atoms with Crippen molar-refractivity contribution in [3.63, 3.8) is 0 Å². The number of hydrogen-bond donors (Lipinski definition) is 16. The number of anilines is 2. The molecule has 6 aliphatic rings. The Morgan fingerprint density at radius 3 is 2.03 bits per heavy atom. The molecular formula is C65H92N14O20S2. The summed E-state index contributed by atoms with van der Waals surface area (Å²) in [4.78, 5) is 104. The summed E-state index contributed by atoms with van der Waals surface area (Å²) in [6.45, 7) is 3.75. The van der Waals surface area contributed by atoms with Crippen LogP contribution in [0.1, 0.15) is 77.2 Å². The zero-order valence-corrected chi connectivity index (χ0v) is 57.6. The minimum Gasteiger partial charge on any atom is -0.504 e. The smallest absolute Gasteiger partial charge is 0.446 e. The standard InChI is InChI=1S/C65H92N14O20S2/c1-34-29-79-55(56(34)88)60(92)68-28-43(83)23-46(67-25-36-12-17-77(18-13-36)65-75-74-61(100-65)40-8-6-39(7-9-40)41-26-69-64(70-27-41)76-19-14-45(15-20-76)98-33-37-3-4-37)57(89)71-52(35(2)82)62(93)78-30-44(84)24-47(78)58(90)72-53(50(87)21-38-5-10-48(85)51(22-38)99-101(95,96)97)59(91)73-54(63(79)94)49(86)11-16-66-42(31-80)32-81/h5-10,22,26-27,34-37,42-47,49-50,52-56,66-67,80-88H,3-4,11-21,23-25,28-33H2,1-2H3,(H,68,92)(H,71,89)(H,72,90)(H,73,91)(H,95,96,97)/t34-,35+,43+,44+,46?,47-,49+,50+,52-,53-,54-,55-,56-/m0/s1. The van der Waals surface area contributed by atoms with Gasteiger partial charge in [-0.25, -0.2) is 9.97 Å². The molecule has 4 aromatic rings. The number of amides is 6. The number of ether oxygens (including phenoxy) is 1. The van der Waals surface area contributed by atoms with Gasteiger partial charge >= 0.3 is 10.4 Å². The average molecular weight is 1450 g/mol. The highest BCUT2D eigenvalue weighted by Gasteiger charge is 2.50. The molecule has 1 aliphatic carbocycles. The third-order valence-electron chi connectivity index (χ3n) is 19.5. The van der Waals surface area contributed by atoms with Crippen LogP contribution in [-0.2, 0) is 50.3 Å². The Morgan fingerprint density at radius 2 is 1.37 bits per heavy atom. The van der Waals surface area contributed by atoms with Gasteiger partial charge in [0.2, 0.25) is 46.5 Å². The van der Waals surface area contributed by atoms with E-state index < -0.39 is 194 Å². The van der Waals surface area contributed by atoms with Gasteiger partial charge in [0.1, 0.15) is 35.2 Å². The maximum atomic E-state index is 15.0. The normalized spacial score (nSPS) is 26.9. The molecule has 0 radical (unpaired) electrons. The summed E-state index contributed by atoms with van der Waals surface area (Å²) < 4.78 is 43.2. The van der Waals surface area contributed by atoms with Gasteiger partial charge in [-0.3, -0.25) is 33.3 Å². The van der Waals surface area contributed by atoms with E-state index in [-0.39, 0.29) is 37.2 Å². The Bertz CT molecular complexity index is 3600. The molecular weight excluding hydrogens is 1360 g/mol. The van der Waals surface area contributed by atoms with Crippen LogP contribution in [0.4, 0.5) is 11.1 Å². The summed E-state index contributed by atoms with van der Waals surface area (Å²) in [6.07, 6.45) is -2.73. The highest BCUT2D eigenvalue weighted by molar-refractivity contribution is 7.81. The molecule has 2 aromatic heterocycles. The van der Waals surface area contributed by atoms with Crippen molar-refractivity contribution in [1.82, 2.24) is 61.9 Å². The van der Waals surface area contributed by atoms with Crippen LogP contribution in [-0.4, -0.2) is 288 Å². The van der Waals surface area contributed by atoms with Crippen molar-refractivity contribution >= 4 is 68.3 Å². The van der Waals surface area contributed by atoms with Crippen LogP contribution >= 0.6 is 11.3 Å². The molecule has 101 heavy (non-hydrogen) atoms. The van der Waals surface area contributed by atoms with Gasteiger partial charge in [-0.05, 0) is 106 Å². The van der Waals surface area contributed by atoms with E-state index in [0.717, 1.165) is 83.1 Å². The zero-order valence-electron chi connectivity index (χ0n) is 56.0. The molecule has 1 saturated carbocycles. The van der Waals surface area contributed by atoms with Gasteiger partial charge in [0.25, 0.3) is 0 Å². The summed E-state index contributed by atoms with van der Waals surface area (Å²) in [5.74, 6) is -7.85. The van der Waals surface area contributed by atoms with Gasteiger partial charge < -0.3 is 106 Å². The first kappa shape index (κ1) is 76.2. The third-order valence-corrected chi connectivity index (χ3v) is 20.9. The minimum absolute atomic E-state index is 0.0608. The maximum absolute atomic E-state index is 15.0. The molecule has 0 spiro atoms. The lowest BCUT2D eigenvalue weighted by Crippen LogP contribution is -2.64. The molecule has 7 heterocycles. The predicted molar refractivity (Wildman–Crippen MR) is 361 cm³/mol. The lowest BCUT2D eigenvalue weighted by Gasteiger charge is -2.34. The highest BCUT2D eigenvalue weighted by atomic mass is 32.3. The van der Waals surface area contributed by atoms with Crippen LogP contribution < -0.4 is 45.9 Å². The summed E-state index contributed by atoms with van der Waals surface area (Å²) in [5, 5.41) is 125. The van der Waals surface area contributed by atoms with Crippen LogP contribution in [0, 0.1) is 17.8 Å². The fourth-order valence-electron chi connectivity index (χ4n) is 13.3. The van der Waals surface area contributed by atoms with Crippen LogP contribution in [0.3, 0.4) is 0 Å². The number of rotatable bonds is 23. The molecule has 2 aromatic carbocycles. The second-order valence-corrected chi connectivity index (χ2v) is 29.2. The molecule has 34 nitrogen and oxygen atoms in total. The van der Waals surface area contributed by atoms with Crippen molar-refractivity contribution in [1.29, 1.82) is 0 Å². The summed E-state index contributed by atoms with van der Waals surface area (Å²) >= 11 is 1.44. The van der Waals surface area contributed by atoms with Gasteiger partial charge in [-0.15, -0.1) is 10.2 Å². The number of aromatic hydroxyl groups is 1. The number of hydrogen-bond acceptors (Lipinski definition) is 28. The van der Waals surface area contributed by atoms with E-state index in [4.69, 9.17) is 14.7 Å². The topological polar surface area (TPSA) is 494 Å². The summed E-state index contributed by atoms with van der Waals surface area (Å²) in [7, 11) is -5.23. The number of nitrogens with one attached hydrogen (secondary N) is 6. The number of aromatic nitrogens is 4. The van der Waals surface area contributed by atoms with Crippen molar-refractivity contribution in [2.24, 2.45) is 17.8 Å². The molecule has 6 fully saturated rings. The van der Waals surface area contributed by atoms with E-state index in [2.05, 4.69) is 56.1 Å². The van der Waals surface area contributed by atoms with E-state index in [0.29, 0.717) is 42.0 Å². The van der Waals surface area contributed by atoms with Crippen LogP contribution in [0.5, 0.6) is 11.5 Å². The lowest BCUT2D eigenvalue weighted by molar-refractivity contribution is -0.147. The zero-order chi connectivity index (χ0) is 72.4. The molecule has 10 rings (SSSR count). The van der Waals surface area contributed by atoms with E-state index in [9.17, 15) is 87.7 Å². The molecule has 1 unspecified atom stereocenters. The Labute approximate surface area is 587 Å². The Morgan fingerprint density at radius 1 is 0.713 bits per heavy atom. The van der Waals surface area contributed by atoms with Gasteiger partial charge in [0.15, 0.2) is 11.5 Å². The number of β-amino-alcohol motifs (C(OH)–C–C–N with tert-alkyl or cyclic N) is 1. The number of carbonyl (C=O) groups excluding carboxylic acids is 6. The van der Waals surface area contributed by atoms with E-state index in [1.54, 1.807) is 0 Å². The molecule has 36 heteroatoms. The van der Waals surface area contributed by atoms with Gasteiger partial charge in [0.05, 0.1) is 68.0 Å². The van der Waals surface area contributed by atoms with E-state index in [1.165, 1.54) is 38.0 Å². The van der Waals surface area contributed by atoms with Crippen molar-refractivity contribution < 1.29 is 96.6 Å². The number of aliphatic hydroxyl groups excluding tert-OH is 8. The van der Waals surface area contributed by atoms with Gasteiger partial charge in [0, 0.05) is 94.7 Å². The number of nitrogens with zero attached hydrogens (tertiary/aromatic N) is 8. The van der Waals surface area contributed by atoms with Crippen molar-refractivity contribution in [3.05, 3.63) is 60.4 Å². The number of carbonyl (C=O) groups is 6. The van der Waals surface area contributed by atoms with Crippen LogP contribution in [0.25, 0.3) is 21.7 Å². The Hall–Kier alpha value is -7.43. The number of phenols is 1. The first-order chi connectivity index (χ1) is 48.2. The molecule has 5 aliphatic heterocycles. The molecule has 554 valence electrons. The minimum atomic E-state index is -5.23. The summed E-state index contributed by atoms with van der Waals surface area (Å²) in [6, 6.07) is -0.952. The molecule has 16 N–H and O–H groups in total. The Balaban J connectivity index is 0.844.